The van der Waals surface area contributed by atoms with Gasteiger partial charge in [-0.2, -0.15) is 14.7 Å². The van der Waals surface area contributed by atoms with Crippen molar-refractivity contribution in [1.82, 2.24) is 0 Å². The Bertz CT molecular complexity index is 1200. The molecule has 0 aliphatic carbocycles. The van der Waals surface area contributed by atoms with E-state index in [1.807, 2.05) is 0 Å². The van der Waals surface area contributed by atoms with Crippen molar-refractivity contribution in [3.63, 3.8) is 0 Å². The van der Waals surface area contributed by atoms with Gasteiger partial charge >= 0.3 is 0 Å². The molecule has 3 heterocycles. The van der Waals surface area contributed by atoms with Crippen molar-refractivity contribution >= 4 is 0 Å². The van der Waals surface area contributed by atoms with Crippen molar-refractivity contribution in [1.29, 1.82) is 0 Å². The molecule has 12 nitrogen and oxygen atoms in total. The molecule has 0 aromatic heterocycles. The van der Waals surface area contributed by atoms with Crippen molar-refractivity contribution in [2.24, 2.45) is 0 Å². The number of allylic oxidation sites excluding steroid dienone is 3. The van der Waals surface area contributed by atoms with Crippen LogP contribution >= 0.6 is 0 Å². The van der Waals surface area contributed by atoms with E-state index in [0.29, 0.717) is 55.2 Å². The van der Waals surface area contributed by atoms with Crippen LogP contribution in [0.5, 0.6) is 0 Å². The molecule has 3 aliphatic heterocycles. The fourth-order valence-corrected chi connectivity index (χ4v) is 8.61. The average molecular weight is 911 g/mol. The van der Waals surface area contributed by atoms with E-state index >= 15 is 0 Å². The van der Waals surface area contributed by atoms with E-state index < -0.39 is 18.5 Å². The number of rotatable bonds is 39. The van der Waals surface area contributed by atoms with Gasteiger partial charge in [-0.25, -0.2) is 0 Å². The van der Waals surface area contributed by atoms with Gasteiger partial charge in [0.2, 0.25) is 6.29 Å². The minimum Gasteiger partial charge on any atom is -0.393 e. The number of ether oxygens (including phenoxy) is 3. The second kappa shape index (κ2) is 35.4. The Morgan fingerprint density at radius 1 is 0.625 bits per heavy atom. The van der Waals surface area contributed by atoms with Crippen LogP contribution in [-0.2, 0) is 43.5 Å². The SMILES string of the molecule is C=C(CCCCCCC1OC1CC(O)CCCCCC)OOCC(CC1CCCCCCC(=C)OOC(CC(C)O)O1)OOC(=C)CCCCCCC1OC1CC(O)CCCCCC. The maximum Gasteiger partial charge on any atom is 0.205 e. The first-order valence-electron chi connectivity index (χ1n) is 26.1. The topological polar surface area (TPSA) is 150 Å². The Morgan fingerprint density at radius 2 is 1.17 bits per heavy atom. The van der Waals surface area contributed by atoms with Gasteiger partial charge in [-0.1, -0.05) is 143 Å². The molecule has 3 rings (SSSR count). The van der Waals surface area contributed by atoms with Crippen LogP contribution in [0.25, 0.3) is 0 Å². The highest BCUT2D eigenvalue weighted by atomic mass is 17.2. The van der Waals surface area contributed by atoms with Crippen molar-refractivity contribution < 1.29 is 58.9 Å². The van der Waals surface area contributed by atoms with Gasteiger partial charge in [0.25, 0.3) is 0 Å². The average Bonchev–Trinajstić information content (AvgIpc) is 4.19. The summed E-state index contributed by atoms with van der Waals surface area (Å²) in [6.07, 6.45) is 29.1. The zero-order chi connectivity index (χ0) is 46.2. The summed E-state index contributed by atoms with van der Waals surface area (Å²) in [5.74, 6) is 1.66. The number of unbranched alkanes of at least 4 members (excludes halogenated alkanes) is 12. The summed E-state index contributed by atoms with van der Waals surface area (Å²) in [7, 11) is 0. The Kier molecular flexibility index (Phi) is 31.3. The van der Waals surface area contributed by atoms with Gasteiger partial charge in [0, 0.05) is 44.9 Å². The van der Waals surface area contributed by atoms with Gasteiger partial charge in [0.05, 0.1) is 48.8 Å². The predicted octanol–water partition coefficient (Wildman–Crippen LogP) is 12.6. The van der Waals surface area contributed by atoms with Crippen molar-refractivity contribution in [2.75, 3.05) is 6.61 Å². The number of hydrogen-bond acceptors (Lipinski definition) is 12. The Balaban J connectivity index is 1.37. The maximum absolute atomic E-state index is 10.3. The van der Waals surface area contributed by atoms with Gasteiger partial charge in [-0.05, 0) is 58.3 Å². The van der Waals surface area contributed by atoms with E-state index in [-0.39, 0.29) is 43.5 Å². The van der Waals surface area contributed by atoms with Crippen LogP contribution in [0.1, 0.15) is 226 Å². The minimum absolute atomic E-state index is 0.0809. The van der Waals surface area contributed by atoms with Gasteiger partial charge in [0.1, 0.15) is 30.0 Å². The lowest BCUT2D eigenvalue weighted by Crippen LogP contribution is -2.33. The van der Waals surface area contributed by atoms with Gasteiger partial charge < -0.3 is 44.2 Å². The van der Waals surface area contributed by atoms with Crippen molar-refractivity contribution in [3.05, 3.63) is 37.0 Å². The van der Waals surface area contributed by atoms with Gasteiger partial charge in [-0.15, -0.1) is 0 Å². The van der Waals surface area contributed by atoms with Gasteiger partial charge in [-0.3, -0.25) is 0 Å². The van der Waals surface area contributed by atoms with Crippen molar-refractivity contribution in [2.45, 2.75) is 287 Å². The summed E-state index contributed by atoms with van der Waals surface area (Å²) in [5, 5.41) is 30.9. The van der Waals surface area contributed by atoms with Crippen LogP contribution in [0.4, 0.5) is 0 Å². The molecule has 0 spiro atoms. The van der Waals surface area contributed by atoms with Crippen LogP contribution in [0.3, 0.4) is 0 Å². The molecule has 3 N–H and O–H groups in total. The number of epoxide rings is 2. The molecule has 0 saturated carbocycles. The second-order valence-corrected chi connectivity index (χ2v) is 19.2. The molecule has 10 atom stereocenters. The van der Waals surface area contributed by atoms with E-state index in [0.717, 1.165) is 135 Å². The summed E-state index contributed by atoms with van der Waals surface area (Å²) in [5.41, 5.74) is 0. The molecule has 374 valence electrons. The number of aliphatic hydroxyl groups is 3. The van der Waals surface area contributed by atoms with E-state index in [4.69, 9.17) is 43.5 Å². The fraction of sp³-hybridized carbons (Fsp3) is 0.885. The molecule has 0 radical (unpaired) electrons. The van der Waals surface area contributed by atoms with Gasteiger partial charge in [0.15, 0.2) is 0 Å². The monoisotopic (exact) mass is 911 g/mol. The van der Waals surface area contributed by atoms with E-state index in [1.165, 1.54) is 38.5 Å². The standard InChI is InChI=1S/C52H94O12/c1-7-9-11-22-30-44(54)36-50-48(58-50)33-25-17-14-19-27-41(4)60-56-39-47(38-46-32-24-16-13-20-29-43(6)62-64-52(57-46)35-40(3)53)63-61-42(5)28-21-15-18-26-34-49-51(59-49)37-45(55)31-23-12-10-8-2/h40,44-55H,4-39H2,1-3H3. The predicted molar refractivity (Wildman–Crippen MR) is 251 cm³/mol. The molecule has 0 aromatic carbocycles. The zero-order valence-corrected chi connectivity index (χ0v) is 40.7. The highest BCUT2D eigenvalue weighted by Gasteiger charge is 2.40. The first kappa shape index (κ1) is 56.6. The molecule has 12 heteroatoms. The molecular weight excluding hydrogens is 817 g/mol. The molecular formula is C52H94O12. The summed E-state index contributed by atoms with van der Waals surface area (Å²) in [6, 6.07) is 0. The van der Waals surface area contributed by atoms with Crippen LogP contribution in [0.2, 0.25) is 0 Å². The highest BCUT2D eigenvalue weighted by molar-refractivity contribution is 4.88. The quantitative estimate of drug-likeness (QED) is 0.0177. The molecule has 3 saturated heterocycles. The number of hydrogen-bond donors (Lipinski definition) is 3. The first-order valence-corrected chi connectivity index (χ1v) is 26.1. The number of aliphatic hydroxyl groups excluding tert-OH is 3. The summed E-state index contributed by atoms with van der Waals surface area (Å²) >= 11 is 0. The molecule has 0 aromatic rings. The maximum atomic E-state index is 10.3. The first-order chi connectivity index (χ1) is 31.1. The molecule has 0 amide bonds. The molecule has 3 fully saturated rings. The molecule has 0 bridgehead atoms. The largest absolute Gasteiger partial charge is 0.393 e. The lowest BCUT2D eigenvalue weighted by Gasteiger charge is -2.28. The lowest BCUT2D eigenvalue weighted by molar-refractivity contribution is -0.376. The van der Waals surface area contributed by atoms with Crippen LogP contribution in [0, 0.1) is 0 Å². The highest BCUT2D eigenvalue weighted by Crippen LogP contribution is 2.33. The molecule has 10 unspecified atom stereocenters. The Morgan fingerprint density at radius 3 is 1.75 bits per heavy atom. The fourth-order valence-electron chi connectivity index (χ4n) is 8.61. The Hall–Kier alpha value is -1.74. The van der Waals surface area contributed by atoms with E-state index in [9.17, 15) is 15.3 Å². The molecule has 64 heavy (non-hydrogen) atoms. The lowest BCUT2D eigenvalue weighted by atomic mass is 10.0. The summed E-state index contributed by atoms with van der Waals surface area (Å²) in [6.45, 7) is 18.4. The Labute approximate surface area is 388 Å². The minimum atomic E-state index is -0.796. The third-order valence-corrected chi connectivity index (χ3v) is 12.7. The summed E-state index contributed by atoms with van der Waals surface area (Å²) in [4.78, 5) is 34.2. The zero-order valence-electron chi connectivity index (χ0n) is 40.7. The summed E-state index contributed by atoms with van der Waals surface area (Å²) < 4.78 is 18.1. The van der Waals surface area contributed by atoms with Crippen LogP contribution in [-0.4, -0.2) is 83.2 Å². The normalized spacial score (nSPS) is 24.7. The molecule has 3 aliphatic rings. The van der Waals surface area contributed by atoms with Crippen LogP contribution < -0.4 is 0 Å². The van der Waals surface area contributed by atoms with E-state index in [1.54, 1.807) is 6.92 Å². The third kappa shape index (κ3) is 29.1. The van der Waals surface area contributed by atoms with E-state index in [2.05, 4.69) is 33.6 Å². The van der Waals surface area contributed by atoms with Crippen molar-refractivity contribution in [3.8, 4) is 0 Å². The van der Waals surface area contributed by atoms with Crippen LogP contribution in [0.15, 0.2) is 37.0 Å². The second-order valence-electron chi connectivity index (χ2n) is 19.2. The smallest absolute Gasteiger partial charge is 0.205 e. The third-order valence-electron chi connectivity index (χ3n) is 12.7.